The van der Waals surface area contributed by atoms with Crippen molar-refractivity contribution in [3.63, 3.8) is 0 Å². The second kappa shape index (κ2) is 5.27. The standard InChI is InChI=1S/C16H18FNO/c17-14-9-8-13(11-5-1-2-6-12(11)14)16(18)15-7-3-4-10-19-15/h1-2,5-6,8-9,15-16H,3-4,7,10,18H2. The molecule has 0 bridgehead atoms. The minimum absolute atomic E-state index is 0.0441. The van der Waals surface area contributed by atoms with Crippen molar-refractivity contribution in [1.29, 1.82) is 0 Å². The first-order valence-electron chi connectivity index (χ1n) is 6.81. The summed E-state index contributed by atoms with van der Waals surface area (Å²) in [7, 11) is 0. The summed E-state index contributed by atoms with van der Waals surface area (Å²) in [6.45, 7) is 0.775. The maximum Gasteiger partial charge on any atom is 0.131 e. The van der Waals surface area contributed by atoms with E-state index in [0.717, 1.165) is 36.8 Å². The van der Waals surface area contributed by atoms with Crippen LogP contribution in [0.25, 0.3) is 10.8 Å². The zero-order valence-electron chi connectivity index (χ0n) is 10.8. The van der Waals surface area contributed by atoms with Crippen LogP contribution in [0.1, 0.15) is 30.9 Å². The van der Waals surface area contributed by atoms with E-state index < -0.39 is 0 Å². The molecule has 100 valence electrons. The molecule has 0 aromatic heterocycles. The van der Waals surface area contributed by atoms with Gasteiger partial charge >= 0.3 is 0 Å². The molecule has 2 N–H and O–H groups in total. The molecule has 2 aromatic carbocycles. The molecule has 2 atom stereocenters. The lowest BCUT2D eigenvalue weighted by atomic mass is 9.92. The summed E-state index contributed by atoms with van der Waals surface area (Å²) in [6.07, 6.45) is 3.28. The van der Waals surface area contributed by atoms with Crippen LogP contribution in [0.2, 0.25) is 0 Å². The molecule has 0 amide bonds. The zero-order valence-corrected chi connectivity index (χ0v) is 10.8. The van der Waals surface area contributed by atoms with E-state index in [4.69, 9.17) is 10.5 Å². The van der Waals surface area contributed by atoms with Crippen LogP contribution in [0.5, 0.6) is 0 Å². The minimum Gasteiger partial charge on any atom is -0.376 e. The van der Waals surface area contributed by atoms with Crippen LogP contribution in [0.15, 0.2) is 36.4 Å². The molecule has 1 fully saturated rings. The Labute approximate surface area is 112 Å². The largest absolute Gasteiger partial charge is 0.376 e. The van der Waals surface area contributed by atoms with Crippen LogP contribution >= 0.6 is 0 Å². The maximum absolute atomic E-state index is 13.8. The molecular formula is C16H18FNO. The minimum atomic E-state index is -0.198. The van der Waals surface area contributed by atoms with Crippen molar-refractivity contribution in [3.05, 3.63) is 47.8 Å². The predicted octanol–water partition coefficient (Wildman–Crippen LogP) is 3.55. The highest BCUT2D eigenvalue weighted by Gasteiger charge is 2.24. The topological polar surface area (TPSA) is 35.2 Å². The molecule has 2 aromatic rings. The number of ether oxygens (including phenoxy) is 1. The molecule has 2 unspecified atom stereocenters. The van der Waals surface area contributed by atoms with Crippen LogP contribution in [0.4, 0.5) is 4.39 Å². The number of hydrogen-bond acceptors (Lipinski definition) is 2. The third-order valence-electron chi connectivity index (χ3n) is 3.88. The Kier molecular flexibility index (Phi) is 3.49. The van der Waals surface area contributed by atoms with Crippen molar-refractivity contribution in [1.82, 2.24) is 0 Å². The lowest BCUT2D eigenvalue weighted by Gasteiger charge is -2.29. The Bertz CT molecular complexity index is 578. The Morgan fingerprint density at radius 2 is 1.89 bits per heavy atom. The highest BCUT2D eigenvalue weighted by atomic mass is 19.1. The molecule has 0 aliphatic carbocycles. The van der Waals surface area contributed by atoms with Gasteiger partial charge in [-0.15, -0.1) is 0 Å². The second-order valence-electron chi connectivity index (χ2n) is 5.11. The Morgan fingerprint density at radius 3 is 2.63 bits per heavy atom. The van der Waals surface area contributed by atoms with E-state index in [0.29, 0.717) is 5.39 Å². The number of nitrogens with two attached hydrogens (primary N) is 1. The maximum atomic E-state index is 13.8. The van der Waals surface area contributed by atoms with E-state index in [1.165, 1.54) is 6.07 Å². The van der Waals surface area contributed by atoms with Gasteiger partial charge in [0.1, 0.15) is 5.82 Å². The Hall–Kier alpha value is -1.45. The number of rotatable bonds is 2. The van der Waals surface area contributed by atoms with E-state index in [-0.39, 0.29) is 18.0 Å². The quantitative estimate of drug-likeness (QED) is 0.895. The van der Waals surface area contributed by atoms with Crippen molar-refractivity contribution < 1.29 is 9.13 Å². The number of benzene rings is 2. The molecule has 0 spiro atoms. The van der Waals surface area contributed by atoms with Gasteiger partial charge in [-0.1, -0.05) is 30.3 Å². The third kappa shape index (κ3) is 2.36. The number of hydrogen-bond donors (Lipinski definition) is 1. The van der Waals surface area contributed by atoms with Crippen molar-refractivity contribution in [3.8, 4) is 0 Å². The van der Waals surface area contributed by atoms with Gasteiger partial charge in [0.25, 0.3) is 0 Å². The van der Waals surface area contributed by atoms with Gasteiger partial charge in [-0.2, -0.15) is 0 Å². The molecular weight excluding hydrogens is 241 g/mol. The molecule has 19 heavy (non-hydrogen) atoms. The molecule has 1 heterocycles. The van der Waals surface area contributed by atoms with Gasteiger partial charge in [0, 0.05) is 12.0 Å². The zero-order chi connectivity index (χ0) is 13.2. The summed E-state index contributed by atoms with van der Waals surface area (Å²) in [4.78, 5) is 0. The van der Waals surface area contributed by atoms with Gasteiger partial charge in [0.2, 0.25) is 0 Å². The van der Waals surface area contributed by atoms with Crippen LogP contribution in [-0.2, 0) is 4.74 Å². The molecule has 3 rings (SSSR count). The highest BCUT2D eigenvalue weighted by molar-refractivity contribution is 5.86. The number of fused-ring (bicyclic) bond motifs is 1. The average molecular weight is 259 g/mol. The Morgan fingerprint density at radius 1 is 1.11 bits per heavy atom. The first kappa shape index (κ1) is 12.6. The lowest BCUT2D eigenvalue weighted by Crippen LogP contribution is -2.32. The molecule has 0 radical (unpaired) electrons. The van der Waals surface area contributed by atoms with E-state index in [1.807, 2.05) is 18.2 Å². The SMILES string of the molecule is NC(c1ccc(F)c2ccccc12)C1CCCCO1. The van der Waals surface area contributed by atoms with Crippen molar-refractivity contribution in [2.75, 3.05) is 6.61 Å². The Balaban J connectivity index is 2.02. The fraction of sp³-hybridized carbons (Fsp3) is 0.375. The van der Waals surface area contributed by atoms with E-state index >= 15 is 0 Å². The molecule has 1 saturated heterocycles. The van der Waals surface area contributed by atoms with Gasteiger partial charge in [0.15, 0.2) is 0 Å². The van der Waals surface area contributed by atoms with Gasteiger partial charge in [-0.05, 0) is 36.3 Å². The van der Waals surface area contributed by atoms with Crippen molar-refractivity contribution in [2.24, 2.45) is 5.73 Å². The normalized spacial score (nSPS) is 21.5. The van der Waals surface area contributed by atoms with Crippen LogP contribution in [0.3, 0.4) is 0 Å². The van der Waals surface area contributed by atoms with E-state index in [2.05, 4.69) is 0 Å². The fourth-order valence-corrected chi connectivity index (χ4v) is 2.83. The first-order valence-corrected chi connectivity index (χ1v) is 6.81. The smallest absolute Gasteiger partial charge is 0.131 e. The first-order chi connectivity index (χ1) is 9.27. The fourth-order valence-electron chi connectivity index (χ4n) is 2.83. The van der Waals surface area contributed by atoms with Gasteiger partial charge in [-0.25, -0.2) is 4.39 Å². The summed E-state index contributed by atoms with van der Waals surface area (Å²) in [5, 5.41) is 1.52. The molecule has 1 aliphatic rings. The predicted molar refractivity (Wildman–Crippen MR) is 74.4 cm³/mol. The summed E-state index contributed by atoms with van der Waals surface area (Å²) >= 11 is 0. The summed E-state index contributed by atoms with van der Waals surface area (Å²) in [5.41, 5.74) is 7.31. The van der Waals surface area contributed by atoms with Crippen LogP contribution < -0.4 is 5.73 Å². The molecule has 3 heteroatoms. The van der Waals surface area contributed by atoms with Crippen LogP contribution in [-0.4, -0.2) is 12.7 Å². The average Bonchev–Trinajstić information content (AvgIpc) is 2.48. The van der Waals surface area contributed by atoms with Crippen molar-refractivity contribution in [2.45, 2.75) is 31.4 Å². The summed E-state index contributed by atoms with van der Waals surface area (Å²) in [6, 6.07) is 10.6. The van der Waals surface area contributed by atoms with Gasteiger partial charge in [0.05, 0.1) is 12.1 Å². The second-order valence-corrected chi connectivity index (χ2v) is 5.11. The highest BCUT2D eigenvalue weighted by Crippen LogP contribution is 2.30. The van der Waals surface area contributed by atoms with Gasteiger partial charge in [-0.3, -0.25) is 0 Å². The molecule has 0 saturated carbocycles. The molecule has 1 aliphatic heterocycles. The summed E-state index contributed by atoms with van der Waals surface area (Å²) < 4.78 is 19.6. The monoisotopic (exact) mass is 259 g/mol. The lowest BCUT2D eigenvalue weighted by molar-refractivity contribution is 0.000268. The van der Waals surface area contributed by atoms with E-state index in [1.54, 1.807) is 12.1 Å². The van der Waals surface area contributed by atoms with Gasteiger partial charge < -0.3 is 10.5 Å². The third-order valence-corrected chi connectivity index (χ3v) is 3.88. The molecule has 2 nitrogen and oxygen atoms in total. The number of halogens is 1. The summed E-state index contributed by atoms with van der Waals surface area (Å²) in [5.74, 6) is -0.198. The van der Waals surface area contributed by atoms with E-state index in [9.17, 15) is 4.39 Å². The van der Waals surface area contributed by atoms with Crippen LogP contribution in [0, 0.1) is 5.82 Å². The van der Waals surface area contributed by atoms with Crippen molar-refractivity contribution >= 4 is 10.8 Å².